The lowest BCUT2D eigenvalue weighted by atomic mass is 10.1. The molecule has 0 fully saturated rings. The zero-order valence-electron chi connectivity index (χ0n) is 9.39. The second-order valence-corrected chi connectivity index (χ2v) is 4.29. The van der Waals surface area contributed by atoms with E-state index in [2.05, 4.69) is 9.97 Å². The molecule has 0 saturated carbocycles. The van der Waals surface area contributed by atoms with Crippen molar-refractivity contribution in [1.29, 1.82) is 0 Å². The molecule has 0 radical (unpaired) electrons. The Balaban J connectivity index is 2.68. The SMILES string of the molecule is Cc1ccc2nc(C(F)(F)C(F)(F)F)nc(Cl)c2c1. The Morgan fingerprint density at radius 2 is 1.68 bits per heavy atom. The van der Waals surface area contributed by atoms with Crippen molar-refractivity contribution in [3.05, 3.63) is 34.7 Å². The lowest BCUT2D eigenvalue weighted by molar-refractivity contribution is -0.292. The summed E-state index contributed by atoms with van der Waals surface area (Å²) >= 11 is 5.64. The van der Waals surface area contributed by atoms with Crippen molar-refractivity contribution < 1.29 is 22.0 Å². The van der Waals surface area contributed by atoms with Crippen LogP contribution < -0.4 is 0 Å². The van der Waals surface area contributed by atoms with Crippen molar-refractivity contribution >= 4 is 22.5 Å². The Kier molecular flexibility index (Phi) is 3.12. The molecule has 0 bridgehead atoms. The van der Waals surface area contributed by atoms with Crippen LogP contribution in [0.25, 0.3) is 10.9 Å². The average molecular weight is 297 g/mol. The zero-order chi connectivity index (χ0) is 14.4. The molecule has 102 valence electrons. The van der Waals surface area contributed by atoms with Crippen LogP contribution in [0.3, 0.4) is 0 Å². The minimum absolute atomic E-state index is 0.0653. The van der Waals surface area contributed by atoms with E-state index >= 15 is 0 Å². The number of halogens is 6. The highest BCUT2D eigenvalue weighted by Crippen LogP contribution is 2.43. The molecule has 0 unspecified atom stereocenters. The van der Waals surface area contributed by atoms with Gasteiger partial charge in [0.2, 0.25) is 5.82 Å². The first-order valence-electron chi connectivity index (χ1n) is 5.02. The number of hydrogen-bond donors (Lipinski definition) is 0. The summed E-state index contributed by atoms with van der Waals surface area (Å²) < 4.78 is 63.0. The van der Waals surface area contributed by atoms with Crippen molar-refractivity contribution in [2.24, 2.45) is 0 Å². The molecule has 0 N–H and O–H groups in total. The van der Waals surface area contributed by atoms with Crippen LogP contribution in [0, 0.1) is 6.92 Å². The first-order valence-corrected chi connectivity index (χ1v) is 5.39. The molecule has 1 aromatic heterocycles. The molecule has 2 rings (SSSR count). The summed E-state index contributed by atoms with van der Waals surface area (Å²) in [6.45, 7) is 1.72. The van der Waals surface area contributed by atoms with E-state index in [4.69, 9.17) is 11.6 Å². The third-order valence-electron chi connectivity index (χ3n) is 2.44. The standard InChI is InChI=1S/C11H6ClF5N2/c1-5-2-3-7-6(4-5)8(12)19-9(18-7)10(13,14)11(15,16)17/h2-4H,1H3. The summed E-state index contributed by atoms with van der Waals surface area (Å²) in [5.74, 6) is -6.79. The molecule has 1 aromatic carbocycles. The van der Waals surface area contributed by atoms with Gasteiger partial charge in [-0.2, -0.15) is 22.0 Å². The van der Waals surface area contributed by atoms with Gasteiger partial charge in [-0.3, -0.25) is 0 Å². The molecule has 2 nitrogen and oxygen atoms in total. The summed E-state index contributed by atoms with van der Waals surface area (Å²) in [7, 11) is 0. The fourth-order valence-corrected chi connectivity index (χ4v) is 1.70. The lowest BCUT2D eigenvalue weighted by Crippen LogP contribution is -2.35. The Labute approximate surface area is 109 Å². The van der Waals surface area contributed by atoms with Crippen molar-refractivity contribution in [3.8, 4) is 0 Å². The molecule has 0 atom stereocenters. The third-order valence-corrected chi connectivity index (χ3v) is 2.73. The molecule has 0 amide bonds. The Bertz CT molecular complexity index is 639. The first kappa shape index (κ1) is 13.9. The molecule has 0 saturated heterocycles. The average Bonchev–Trinajstić information content (AvgIpc) is 2.28. The zero-order valence-corrected chi connectivity index (χ0v) is 10.2. The van der Waals surface area contributed by atoms with E-state index in [0.717, 1.165) is 5.56 Å². The Morgan fingerprint density at radius 1 is 1.05 bits per heavy atom. The number of hydrogen-bond acceptors (Lipinski definition) is 2. The van der Waals surface area contributed by atoms with Gasteiger partial charge in [0.25, 0.3) is 0 Å². The highest BCUT2D eigenvalue weighted by molar-refractivity contribution is 6.34. The summed E-state index contributed by atoms with van der Waals surface area (Å²) in [6.07, 6.45) is -5.77. The van der Waals surface area contributed by atoms with Crippen LogP contribution in [-0.2, 0) is 5.92 Å². The maximum absolute atomic E-state index is 13.1. The fraction of sp³-hybridized carbons (Fsp3) is 0.273. The monoisotopic (exact) mass is 296 g/mol. The second-order valence-electron chi connectivity index (χ2n) is 3.93. The van der Waals surface area contributed by atoms with Crippen molar-refractivity contribution in [1.82, 2.24) is 9.97 Å². The molecule has 0 spiro atoms. The van der Waals surface area contributed by atoms with Gasteiger partial charge in [-0.1, -0.05) is 23.2 Å². The second kappa shape index (κ2) is 4.26. The summed E-state index contributed by atoms with van der Waals surface area (Å²) in [5, 5.41) is -0.212. The van der Waals surface area contributed by atoms with E-state index in [9.17, 15) is 22.0 Å². The van der Waals surface area contributed by atoms with Crippen LogP contribution in [0.5, 0.6) is 0 Å². The summed E-state index contributed by atoms with van der Waals surface area (Å²) in [6, 6.07) is 4.35. The molecule has 0 aliphatic heterocycles. The molecule has 1 heterocycles. The Hall–Kier alpha value is -1.50. The van der Waals surface area contributed by atoms with Gasteiger partial charge in [-0.05, 0) is 19.1 Å². The number of rotatable bonds is 1. The number of fused-ring (bicyclic) bond motifs is 1. The van der Waals surface area contributed by atoms with Crippen LogP contribution >= 0.6 is 11.6 Å². The fourth-order valence-electron chi connectivity index (χ4n) is 1.47. The van der Waals surface area contributed by atoms with Crippen molar-refractivity contribution in [2.75, 3.05) is 0 Å². The van der Waals surface area contributed by atoms with E-state index in [1.54, 1.807) is 6.92 Å². The number of alkyl halides is 5. The third kappa shape index (κ3) is 2.34. The number of nitrogens with zero attached hydrogens (tertiary/aromatic N) is 2. The van der Waals surface area contributed by atoms with Gasteiger partial charge in [-0.15, -0.1) is 0 Å². The van der Waals surface area contributed by atoms with Gasteiger partial charge in [0, 0.05) is 5.39 Å². The van der Waals surface area contributed by atoms with Gasteiger partial charge < -0.3 is 0 Å². The highest BCUT2D eigenvalue weighted by atomic mass is 35.5. The van der Waals surface area contributed by atoms with Crippen LogP contribution in [0.15, 0.2) is 18.2 Å². The highest BCUT2D eigenvalue weighted by Gasteiger charge is 2.61. The minimum atomic E-state index is -5.77. The quantitative estimate of drug-likeness (QED) is 0.581. The van der Waals surface area contributed by atoms with E-state index in [1.807, 2.05) is 0 Å². The molecule has 0 aliphatic carbocycles. The minimum Gasteiger partial charge on any atom is -0.227 e. The molecule has 0 aliphatic rings. The number of benzene rings is 1. The maximum atomic E-state index is 13.1. The van der Waals surface area contributed by atoms with E-state index in [1.165, 1.54) is 18.2 Å². The van der Waals surface area contributed by atoms with E-state index in [0.29, 0.717) is 0 Å². The predicted molar refractivity (Wildman–Crippen MR) is 59.2 cm³/mol. The van der Waals surface area contributed by atoms with Gasteiger partial charge in [0.15, 0.2) is 0 Å². The van der Waals surface area contributed by atoms with Gasteiger partial charge in [-0.25, -0.2) is 9.97 Å². The van der Waals surface area contributed by atoms with Crippen LogP contribution in [0.1, 0.15) is 11.4 Å². The molecular weight excluding hydrogens is 291 g/mol. The van der Waals surface area contributed by atoms with Crippen LogP contribution in [0.4, 0.5) is 22.0 Å². The summed E-state index contributed by atoms with van der Waals surface area (Å²) in [5.41, 5.74) is 0.692. The largest absolute Gasteiger partial charge is 0.461 e. The normalized spacial score (nSPS) is 13.0. The first-order chi connectivity index (χ1) is 8.63. The lowest BCUT2D eigenvalue weighted by Gasteiger charge is -2.18. The Morgan fingerprint density at radius 3 is 2.26 bits per heavy atom. The van der Waals surface area contributed by atoms with E-state index in [-0.39, 0.29) is 10.9 Å². The van der Waals surface area contributed by atoms with Gasteiger partial charge in [0.05, 0.1) is 5.52 Å². The molecule has 8 heteroatoms. The molecule has 19 heavy (non-hydrogen) atoms. The van der Waals surface area contributed by atoms with Crippen LogP contribution in [-0.4, -0.2) is 16.1 Å². The number of aromatic nitrogens is 2. The smallest absolute Gasteiger partial charge is 0.227 e. The molecule has 2 aromatic rings. The van der Waals surface area contributed by atoms with Crippen molar-refractivity contribution in [3.63, 3.8) is 0 Å². The summed E-state index contributed by atoms with van der Waals surface area (Å²) in [4.78, 5) is 6.31. The molecular formula is C11H6ClF5N2. The topological polar surface area (TPSA) is 25.8 Å². The van der Waals surface area contributed by atoms with E-state index < -0.39 is 23.1 Å². The van der Waals surface area contributed by atoms with Gasteiger partial charge >= 0.3 is 12.1 Å². The van der Waals surface area contributed by atoms with Crippen molar-refractivity contribution in [2.45, 2.75) is 19.0 Å². The van der Waals surface area contributed by atoms with Crippen LogP contribution in [0.2, 0.25) is 5.15 Å². The maximum Gasteiger partial charge on any atom is 0.461 e. The van der Waals surface area contributed by atoms with Gasteiger partial charge in [0.1, 0.15) is 5.15 Å². The number of aryl methyl sites for hydroxylation is 1. The predicted octanol–water partition coefficient (Wildman–Crippen LogP) is 4.25.